The zero-order valence-corrected chi connectivity index (χ0v) is 8.80. The molecule has 0 aliphatic heterocycles. The van der Waals surface area contributed by atoms with Crippen LogP contribution in [0.25, 0.3) is 0 Å². The molecule has 0 aliphatic rings. The van der Waals surface area contributed by atoms with Gasteiger partial charge in [-0.1, -0.05) is 0 Å². The Labute approximate surface area is 91.6 Å². The van der Waals surface area contributed by atoms with Crippen molar-refractivity contribution in [2.24, 2.45) is 0 Å². The Bertz CT molecular complexity index is 15.5. The second-order valence-corrected chi connectivity index (χ2v) is 0. The Balaban J connectivity index is 0. The van der Waals surface area contributed by atoms with Gasteiger partial charge >= 0.3 is 0 Å². The van der Waals surface area contributed by atoms with Gasteiger partial charge in [0, 0.05) is 92.7 Å². The van der Waals surface area contributed by atoms with Gasteiger partial charge in [-0.2, -0.15) is 0 Å². The minimum absolute atomic E-state index is 0. The standard InChI is InChI=1S/B.Co.Cu.Fe.Nb.Si. The van der Waals surface area contributed by atoms with Crippen molar-refractivity contribution in [3.63, 3.8) is 0 Å². The molecule has 0 aromatic heterocycles. The van der Waals surface area contributed by atoms with Crippen molar-refractivity contribution in [1.82, 2.24) is 0 Å². The monoisotopic (exact) mass is 310 g/mol. The van der Waals surface area contributed by atoms with Crippen LogP contribution in [0.2, 0.25) is 0 Å². The van der Waals surface area contributed by atoms with Crippen molar-refractivity contribution >= 4 is 19.4 Å². The molecule has 0 unspecified atom stereocenters. The molecule has 0 bridgehead atoms. The third-order valence-electron chi connectivity index (χ3n) is 0. The van der Waals surface area contributed by atoms with Gasteiger partial charge in [-0.25, -0.2) is 0 Å². The zero-order chi connectivity index (χ0) is 0. The van der Waals surface area contributed by atoms with Gasteiger partial charge < -0.3 is 0 Å². The van der Waals surface area contributed by atoms with E-state index in [1.165, 1.54) is 0 Å². The van der Waals surface area contributed by atoms with E-state index in [2.05, 4.69) is 0 Å². The molecule has 0 amide bonds. The second kappa shape index (κ2) is 49.5. The minimum atomic E-state index is 0. The van der Waals surface area contributed by atoms with E-state index in [0.29, 0.717) is 0 Å². The number of hydrogen-bond acceptors (Lipinski definition) is 0. The molecule has 0 aromatic rings. The van der Waals surface area contributed by atoms with Crippen LogP contribution in [0.3, 0.4) is 0 Å². The van der Waals surface area contributed by atoms with Crippen LogP contribution >= 0.6 is 0 Å². The van der Waals surface area contributed by atoms with Crippen LogP contribution in [0, 0.1) is 0 Å². The van der Waals surface area contributed by atoms with E-state index in [-0.39, 0.29) is 92.7 Å². The summed E-state index contributed by atoms with van der Waals surface area (Å²) in [6.07, 6.45) is 0. The van der Waals surface area contributed by atoms with E-state index in [4.69, 9.17) is 0 Å². The summed E-state index contributed by atoms with van der Waals surface area (Å²) in [7, 11) is 0. The van der Waals surface area contributed by atoms with Gasteiger partial charge in [-0.15, -0.1) is 0 Å². The first kappa shape index (κ1) is 74.4. The summed E-state index contributed by atoms with van der Waals surface area (Å²) in [5.74, 6) is 0. The van der Waals surface area contributed by atoms with Crippen molar-refractivity contribution in [3.05, 3.63) is 0 Å². The maximum absolute atomic E-state index is 0. The molecular formula is BCoCuFeNbSi. The Hall–Kier alpha value is 2.57. The summed E-state index contributed by atoms with van der Waals surface area (Å²) >= 11 is 0. The maximum atomic E-state index is 0. The third-order valence-corrected chi connectivity index (χ3v) is 0. The van der Waals surface area contributed by atoms with Crippen molar-refractivity contribution in [1.29, 1.82) is 0 Å². The molecule has 0 heterocycles. The van der Waals surface area contributed by atoms with Gasteiger partial charge in [0.25, 0.3) is 0 Å². The Kier molecular flexibility index (Phi) is 614. The molecule has 0 atom stereocenters. The molecule has 0 N–H and O–H groups in total. The molecular weight excluding hydrogens is 310 g/mol. The molecule has 0 nitrogen and oxygen atoms in total. The summed E-state index contributed by atoms with van der Waals surface area (Å²) in [5.41, 5.74) is 0. The third kappa shape index (κ3) is 30.9. The fraction of sp³-hybridized carbons (Fsp3) is 0. The molecule has 0 aliphatic carbocycles. The van der Waals surface area contributed by atoms with Gasteiger partial charge in [-0.3, -0.25) is 0 Å². The molecule has 0 aromatic carbocycles. The predicted molar refractivity (Wildman–Crippen MR) is 11.5 cm³/mol. The smallest absolute Gasteiger partial charge is 0 e. The summed E-state index contributed by atoms with van der Waals surface area (Å²) < 4.78 is 0. The van der Waals surface area contributed by atoms with Crippen LogP contribution in [0.1, 0.15) is 0 Å². The van der Waals surface area contributed by atoms with Crippen molar-refractivity contribution in [3.8, 4) is 0 Å². The van der Waals surface area contributed by atoms with Crippen LogP contribution in [0.5, 0.6) is 0 Å². The first-order chi connectivity index (χ1) is 0. The maximum Gasteiger partial charge on any atom is 0 e. The second-order valence-electron chi connectivity index (χ2n) is 0. The summed E-state index contributed by atoms with van der Waals surface area (Å²) in [6.45, 7) is 0. The van der Waals surface area contributed by atoms with E-state index >= 15 is 0 Å². The van der Waals surface area contributed by atoms with Crippen molar-refractivity contribution in [2.75, 3.05) is 0 Å². The van der Waals surface area contributed by atoms with Gasteiger partial charge in [0.15, 0.2) is 0 Å². The molecule has 6 heavy (non-hydrogen) atoms. The van der Waals surface area contributed by atoms with E-state index in [0.717, 1.165) is 0 Å². The van der Waals surface area contributed by atoms with Gasteiger partial charge in [0.1, 0.15) is 0 Å². The number of hydrogen-bond donors (Lipinski definition) is 0. The van der Waals surface area contributed by atoms with E-state index in [1.807, 2.05) is 0 Å². The predicted octanol–water partition coefficient (Wildman–Crippen LogP) is -0.772. The Morgan fingerprint density at radius 2 is 1.00 bits per heavy atom. The van der Waals surface area contributed by atoms with E-state index in [9.17, 15) is 0 Å². The zero-order valence-electron chi connectivity index (χ0n) is 2.51. The Morgan fingerprint density at radius 3 is 1.00 bits per heavy atom. The van der Waals surface area contributed by atoms with Crippen LogP contribution < -0.4 is 0 Å². The number of rotatable bonds is 0. The van der Waals surface area contributed by atoms with Crippen LogP contribution in [0.15, 0.2) is 0 Å². The molecule has 0 rings (SSSR count). The molecule has 10 radical (unpaired) electrons. The molecule has 0 fully saturated rings. The topological polar surface area (TPSA) is 0 Å². The first-order valence-corrected chi connectivity index (χ1v) is 0. The SMILES string of the molecule is [B].[Co].[Cu].[Fe].[Nb].[Si]. The first-order valence-electron chi connectivity index (χ1n) is 0. The van der Waals surface area contributed by atoms with Gasteiger partial charge in [0.2, 0.25) is 0 Å². The average Bonchev–Trinajstić information content (AvgIpc) is 0. The Morgan fingerprint density at radius 1 is 1.00 bits per heavy atom. The quantitative estimate of drug-likeness (QED) is 0.516. The molecule has 0 saturated heterocycles. The minimum Gasteiger partial charge on any atom is 0 e. The molecule has 40 valence electrons. The normalized spacial score (nSPS) is 0. The van der Waals surface area contributed by atoms with Crippen LogP contribution in [-0.4, -0.2) is 19.4 Å². The average molecular weight is 310 g/mol. The van der Waals surface area contributed by atoms with Gasteiger partial charge in [-0.05, 0) is 0 Å². The van der Waals surface area contributed by atoms with E-state index < -0.39 is 0 Å². The molecule has 6 heteroatoms. The summed E-state index contributed by atoms with van der Waals surface area (Å²) in [5, 5.41) is 0. The molecule has 0 spiro atoms. The van der Waals surface area contributed by atoms with Crippen LogP contribution in [-0.2, 0) is 73.3 Å². The van der Waals surface area contributed by atoms with Crippen molar-refractivity contribution < 1.29 is 73.3 Å². The van der Waals surface area contributed by atoms with Crippen LogP contribution in [0.4, 0.5) is 0 Å². The van der Waals surface area contributed by atoms with E-state index in [1.54, 1.807) is 0 Å². The van der Waals surface area contributed by atoms with Gasteiger partial charge in [0.05, 0.1) is 0 Å². The summed E-state index contributed by atoms with van der Waals surface area (Å²) in [6, 6.07) is 0. The summed E-state index contributed by atoms with van der Waals surface area (Å²) in [4.78, 5) is 0. The molecule has 0 saturated carbocycles. The fourth-order valence-corrected chi connectivity index (χ4v) is 0. The fourth-order valence-electron chi connectivity index (χ4n) is 0. The van der Waals surface area contributed by atoms with Crippen molar-refractivity contribution in [2.45, 2.75) is 0 Å². The largest absolute Gasteiger partial charge is 0 e.